The van der Waals surface area contributed by atoms with Crippen LogP contribution in [0.4, 0.5) is 0 Å². The minimum absolute atomic E-state index is 0.133. The van der Waals surface area contributed by atoms with E-state index < -0.39 is 49.5 Å². The molecule has 2 unspecified atom stereocenters. The van der Waals surface area contributed by atoms with Gasteiger partial charge in [0.15, 0.2) is 6.29 Å². The van der Waals surface area contributed by atoms with Gasteiger partial charge in [0.25, 0.3) is 0 Å². The lowest BCUT2D eigenvalue weighted by Crippen LogP contribution is -2.60. The highest BCUT2D eigenvalue weighted by atomic mass is 16.7. The molecule has 0 aromatic rings. The molecule has 9 nitrogen and oxygen atoms in total. The first kappa shape index (κ1) is 45.2. The van der Waals surface area contributed by atoms with Crippen molar-refractivity contribution in [2.45, 2.75) is 230 Å². The van der Waals surface area contributed by atoms with Gasteiger partial charge < -0.3 is 40.3 Å². The zero-order chi connectivity index (χ0) is 35.2. The highest BCUT2D eigenvalue weighted by Crippen LogP contribution is 2.23. The SMILES string of the molecule is CCCCCCCCCCCCCCCCCC[C@@H](O)[C@H](CO[C@@H]1O[C@H](CO)[C@@H](O)C(O)C1O)NC(=O)CCCCCCCCCCC. The van der Waals surface area contributed by atoms with Crippen molar-refractivity contribution >= 4 is 5.91 Å². The van der Waals surface area contributed by atoms with Crippen LogP contribution in [0.5, 0.6) is 0 Å². The van der Waals surface area contributed by atoms with Gasteiger partial charge in [-0.05, 0) is 12.8 Å². The normalized spacial score (nSPS) is 22.5. The molecular weight excluding hydrogens is 610 g/mol. The number of hydrogen-bond donors (Lipinski definition) is 6. The van der Waals surface area contributed by atoms with Crippen LogP contribution in [0.15, 0.2) is 0 Å². The van der Waals surface area contributed by atoms with Crippen molar-refractivity contribution in [3.63, 3.8) is 0 Å². The van der Waals surface area contributed by atoms with Crippen LogP contribution in [-0.4, -0.2) is 87.5 Å². The van der Waals surface area contributed by atoms with Crippen molar-refractivity contribution in [3.8, 4) is 0 Å². The molecule has 0 aromatic carbocycles. The van der Waals surface area contributed by atoms with E-state index in [1.807, 2.05) is 0 Å². The molecule has 286 valence electrons. The number of ether oxygens (including phenoxy) is 2. The second-order valence-corrected chi connectivity index (χ2v) is 14.4. The van der Waals surface area contributed by atoms with E-state index in [-0.39, 0.29) is 12.5 Å². The van der Waals surface area contributed by atoms with E-state index in [4.69, 9.17) is 9.47 Å². The summed E-state index contributed by atoms with van der Waals surface area (Å²) in [5, 5.41) is 54.0. The molecule has 7 atom stereocenters. The Morgan fingerprint density at radius 3 is 1.48 bits per heavy atom. The lowest BCUT2D eigenvalue weighted by atomic mass is 9.99. The van der Waals surface area contributed by atoms with Gasteiger partial charge >= 0.3 is 0 Å². The van der Waals surface area contributed by atoms with Crippen LogP contribution in [0.1, 0.15) is 187 Å². The molecule has 0 radical (unpaired) electrons. The summed E-state index contributed by atoms with van der Waals surface area (Å²) in [5.74, 6) is -0.147. The maximum absolute atomic E-state index is 12.8. The number of hydrogen-bond acceptors (Lipinski definition) is 8. The zero-order valence-corrected chi connectivity index (χ0v) is 31.0. The lowest BCUT2D eigenvalue weighted by molar-refractivity contribution is -0.302. The second-order valence-electron chi connectivity index (χ2n) is 14.4. The monoisotopic (exact) mass is 688 g/mol. The van der Waals surface area contributed by atoms with Crippen LogP contribution in [0.3, 0.4) is 0 Å². The van der Waals surface area contributed by atoms with Crippen LogP contribution in [0.2, 0.25) is 0 Å². The topological polar surface area (TPSA) is 149 Å². The fourth-order valence-electron chi connectivity index (χ4n) is 6.63. The van der Waals surface area contributed by atoms with Crippen LogP contribution >= 0.6 is 0 Å². The van der Waals surface area contributed by atoms with E-state index in [0.29, 0.717) is 12.8 Å². The van der Waals surface area contributed by atoms with Crippen LogP contribution < -0.4 is 5.32 Å². The number of aliphatic hydroxyl groups is 5. The average molecular weight is 688 g/mol. The molecule has 0 aliphatic carbocycles. The molecule has 0 bridgehead atoms. The number of unbranched alkanes of at least 4 members (excludes halogenated alkanes) is 23. The standard InChI is InChI=1S/C39H77NO8/c1-3-5-7-9-11-13-14-15-16-17-18-19-21-22-24-26-28-33(42)32(31-47-39-38(46)37(45)36(44)34(30-41)48-39)40-35(43)29-27-25-23-20-12-10-8-6-4-2/h32-34,36-39,41-42,44-46H,3-31H2,1-2H3,(H,40,43)/t32-,33+,34+,36+,37?,38?,39+/m0/s1. The van der Waals surface area contributed by atoms with E-state index in [0.717, 1.165) is 38.5 Å². The second kappa shape index (κ2) is 31.0. The van der Waals surface area contributed by atoms with Gasteiger partial charge in [-0.2, -0.15) is 0 Å². The van der Waals surface area contributed by atoms with Gasteiger partial charge in [0.1, 0.15) is 24.4 Å². The van der Waals surface area contributed by atoms with E-state index in [9.17, 15) is 30.3 Å². The summed E-state index contributed by atoms with van der Waals surface area (Å²) < 4.78 is 11.2. The Balaban J connectivity index is 2.36. The molecule has 1 fully saturated rings. The summed E-state index contributed by atoms with van der Waals surface area (Å²) >= 11 is 0. The Labute approximate surface area is 294 Å². The van der Waals surface area contributed by atoms with E-state index >= 15 is 0 Å². The van der Waals surface area contributed by atoms with Gasteiger partial charge in [0.2, 0.25) is 5.91 Å². The molecular formula is C39H77NO8. The minimum atomic E-state index is -1.55. The third-order valence-electron chi connectivity index (χ3n) is 9.96. The Morgan fingerprint density at radius 2 is 1.04 bits per heavy atom. The van der Waals surface area contributed by atoms with Gasteiger partial charge in [0.05, 0.1) is 25.4 Å². The molecule has 6 N–H and O–H groups in total. The van der Waals surface area contributed by atoms with E-state index in [1.54, 1.807) is 0 Å². The predicted octanol–water partition coefficient (Wildman–Crippen LogP) is 7.22. The molecule has 1 saturated heterocycles. The summed E-state index contributed by atoms with van der Waals surface area (Å²) in [7, 11) is 0. The van der Waals surface area contributed by atoms with Crippen LogP contribution in [-0.2, 0) is 14.3 Å². The van der Waals surface area contributed by atoms with Gasteiger partial charge in [-0.15, -0.1) is 0 Å². The number of carbonyl (C=O) groups excluding carboxylic acids is 1. The van der Waals surface area contributed by atoms with Gasteiger partial charge in [-0.3, -0.25) is 4.79 Å². The van der Waals surface area contributed by atoms with Crippen LogP contribution in [0.25, 0.3) is 0 Å². The van der Waals surface area contributed by atoms with Crippen molar-refractivity contribution in [1.82, 2.24) is 5.32 Å². The molecule has 1 amide bonds. The fourth-order valence-corrected chi connectivity index (χ4v) is 6.63. The van der Waals surface area contributed by atoms with Crippen molar-refractivity contribution in [1.29, 1.82) is 0 Å². The predicted molar refractivity (Wildman–Crippen MR) is 194 cm³/mol. The summed E-state index contributed by atoms with van der Waals surface area (Å²) in [4.78, 5) is 12.8. The largest absolute Gasteiger partial charge is 0.394 e. The summed E-state index contributed by atoms with van der Waals surface area (Å²) in [6.07, 6.45) is 24.0. The van der Waals surface area contributed by atoms with Gasteiger partial charge in [-0.25, -0.2) is 0 Å². The van der Waals surface area contributed by atoms with Crippen molar-refractivity contribution < 1.29 is 39.8 Å². The fraction of sp³-hybridized carbons (Fsp3) is 0.974. The van der Waals surface area contributed by atoms with Gasteiger partial charge in [-0.1, -0.05) is 168 Å². The molecule has 1 aliphatic heterocycles. The van der Waals surface area contributed by atoms with Crippen molar-refractivity contribution in [3.05, 3.63) is 0 Å². The Bertz CT molecular complexity index is 726. The number of amides is 1. The third-order valence-corrected chi connectivity index (χ3v) is 9.96. The Hall–Kier alpha value is -0.810. The number of rotatable bonds is 33. The van der Waals surface area contributed by atoms with Gasteiger partial charge in [0, 0.05) is 6.42 Å². The number of nitrogens with one attached hydrogen (secondary N) is 1. The maximum atomic E-state index is 12.8. The highest BCUT2D eigenvalue weighted by Gasteiger charge is 2.44. The van der Waals surface area contributed by atoms with Crippen molar-refractivity contribution in [2.24, 2.45) is 0 Å². The maximum Gasteiger partial charge on any atom is 0.220 e. The quantitative estimate of drug-likeness (QED) is 0.0396. The first-order valence-electron chi connectivity index (χ1n) is 20.2. The average Bonchev–Trinajstić information content (AvgIpc) is 3.08. The molecule has 9 heteroatoms. The molecule has 1 rings (SSSR count). The van der Waals surface area contributed by atoms with Crippen LogP contribution in [0, 0.1) is 0 Å². The summed E-state index contributed by atoms with van der Waals surface area (Å²) in [6.45, 7) is 3.80. The molecule has 0 spiro atoms. The van der Waals surface area contributed by atoms with E-state index in [1.165, 1.54) is 122 Å². The number of aliphatic hydroxyl groups excluding tert-OH is 5. The first-order chi connectivity index (χ1) is 23.3. The molecule has 0 aromatic heterocycles. The Kier molecular flexibility index (Phi) is 29.2. The lowest BCUT2D eigenvalue weighted by Gasteiger charge is -2.40. The Morgan fingerprint density at radius 1 is 0.625 bits per heavy atom. The third kappa shape index (κ3) is 22.1. The first-order valence-corrected chi connectivity index (χ1v) is 20.2. The zero-order valence-electron chi connectivity index (χ0n) is 31.0. The molecule has 0 saturated carbocycles. The summed E-state index contributed by atoms with van der Waals surface area (Å²) in [5.41, 5.74) is 0. The molecule has 1 aliphatic rings. The summed E-state index contributed by atoms with van der Waals surface area (Å²) in [6, 6.07) is -0.709. The number of carbonyl (C=O) groups is 1. The minimum Gasteiger partial charge on any atom is -0.394 e. The van der Waals surface area contributed by atoms with Crippen molar-refractivity contribution in [2.75, 3.05) is 13.2 Å². The van der Waals surface area contributed by atoms with E-state index in [2.05, 4.69) is 19.2 Å². The highest BCUT2D eigenvalue weighted by molar-refractivity contribution is 5.76. The molecule has 48 heavy (non-hydrogen) atoms. The smallest absolute Gasteiger partial charge is 0.220 e. The molecule has 1 heterocycles.